The average molecular weight is 562 g/mol. The van der Waals surface area contributed by atoms with Crippen LogP contribution in [0.5, 0.6) is 17.2 Å². The van der Waals surface area contributed by atoms with Crippen molar-refractivity contribution < 1.29 is 41.5 Å². The number of ether oxygens (including phenoxy) is 3. The molecular formula is C22H16ClF4N3O8. The van der Waals surface area contributed by atoms with Crippen LogP contribution in [0.15, 0.2) is 52.1 Å². The molecule has 1 heterocycles. The van der Waals surface area contributed by atoms with Crippen molar-refractivity contribution >= 4 is 17.6 Å². The SMILES string of the molecule is Cn1c(C(F)(F)F)cc(=O)n(-c2cc(Oc3ccccc3OCC(=O)OCC[N+](=O)[O-])c(Cl)cc2F)c1=O. The summed E-state index contributed by atoms with van der Waals surface area (Å²) in [6.07, 6.45) is -5.01. The standard InChI is InChI=1S/C22H16ClF4N3O8/c1-28-18(22(25,26)27)10-19(31)30(21(28)33)14-9-17(12(23)8-13(14)24)38-16-5-3-2-4-15(16)37-11-20(32)36-7-6-29(34)35/h2-5,8-10H,6-7,11H2,1H3. The molecule has 38 heavy (non-hydrogen) atoms. The molecule has 1 aromatic heterocycles. The predicted octanol–water partition coefficient (Wildman–Crippen LogP) is 3.34. The van der Waals surface area contributed by atoms with Gasteiger partial charge < -0.3 is 14.2 Å². The van der Waals surface area contributed by atoms with E-state index in [1.165, 1.54) is 24.3 Å². The Balaban J connectivity index is 1.93. The van der Waals surface area contributed by atoms with E-state index in [1.807, 2.05) is 0 Å². The van der Waals surface area contributed by atoms with E-state index >= 15 is 0 Å². The van der Waals surface area contributed by atoms with Gasteiger partial charge in [0, 0.05) is 24.1 Å². The molecule has 0 amide bonds. The lowest BCUT2D eigenvalue weighted by atomic mass is 10.2. The fourth-order valence-corrected chi connectivity index (χ4v) is 3.26. The zero-order valence-corrected chi connectivity index (χ0v) is 19.9. The molecule has 0 radical (unpaired) electrons. The fourth-order valence-electron chi connectivity index (χ4n) is 3.07. The molecule has 11 nitrogen and oxygen atoms in total. The van der Waals surface area contributed by atoms with Gasteiger partial charge >= 0.3 is 17.8 Å². The lowest BCUT2D eigenvalue weighted by molar-refractivity contribution is -0.482. The number of nitro groups is 1. The molecule has 0 saturated heterocycles. The normalized spacial score (nSPS) is 11.2. The van der Waals surface area contributed by atoms with Crippen LogP contribution in [0, 0.1) is 15.9 Å². The number of benzene rings is 2. The van der Waals surface area contributed by atoms with Crippen LogP contribution in [0.2, 0.25) is 5.02 Å². The predicted molar refractivity (Wildman–Crippen MR) is 122 cm³/mol. The lowest BCUT2D eigenvalue weighted by Gasteiger charge is -2.16. The first-order valence-corrected chi connectivity index (χ1v) is 10.7. The van der Waals surface area contributed by atoms with Crippen LogP contribution in [0.1, 0.15) is 5.69 Å². The van der Waals surface area contributed by atoms with Gasteiger partial charge in [-0.05, 0) is 18.2 Å². The number of halogens is 5. The van der Waals surface area contributed by atoms with Crippen LogP contribution in [-0.2, 0) is 22.8 Å². The number of alkyl halides is 3. The Morgan fingerprint density at radius 2 is 1.76 bits per heavy atom. The molecule has 0 fully saturated rings. The summed E-state index contributed by atoms with van der Waals surface area (Å²) in [5, 5.41) is 9.96. The van der Waals surface area contributed by atoms with Gasteiger partial charge in [-0.15, -0.1) is 0 Å². The van der Waals surface area contributed by atoms with Crippen LogP contribution < -0.4 is 20.7 Å². The zero-order valence-electron chi connectivity index (χ0n) is 19.2. The number of esters is 1. The molecular weight excluding hydrogens is 546 g/mol. The van der Waals surface area contributed by atoms with Crippen LogP contribution in [-0.4, -0.2) is 39.8 Å². The molecule has 0 unspecified atom stereocenters. The van der Waals surface area contributed by atoms with E-state index in [-0.39, 0.29) is 37.5 Å². The number of rotatable bonds is 9. The molecule has 0 aliphatic carbocycles. The topological polar surface area (TPSA) is 132 Å². The monoisotopic (exact) mass is 561 g/mol. The third-order valence-electron chi connectivity index (χ3n) is 4.80. The first-order chi connectivity index (χ1) is 17.8. The highest BCUT2D eigenvalue weighted by Gasteiger charge is 2.35. The van der Waals surface area contributed by atoms with Crippen LogP contribution in [0.4, 0.5) is 17.6 Å². The molecule has 3 aromatic rings. The molecule has 0 bridgehead atoms. The first kappa shape index (κ1) is 28.2. The van der Waals surface area contributed by atoms with Gasteiger partial charge in [0.25, 0.3) is 5.56 Å². The molecule has 0 atom stereocenters. The third kappa shape index (κ3) is 6.47. The van der Waals surface area contributed by atoms with Crippen molar-refractivity contribution in [3.8, 4) is 22.9 Å². The molecule has 202 valence electrons. The van der Waals surface area contributed by atoms with Gasteiger partial charge in [-0.1, -0.05) is 23.7 Å². The molecule has 16 heteroatoms. The van der Waals surface area contributed by atoms with Crippen molar-refractivity contribution in [3.63, 3.8) is 0 Å². The molecule has 2 aromatic carbocycles. The fraction of sp³-hybridized carbons (Fsp3) is 0.227. The lowest BCUT2D eigenvalue weighted by Crippen LogP contribution is -2.41. The molecule has 3 rings (SSSR count). The van der Waals surface area contributed by atoms with Crippen molar-refractivity contribution in [2.75, 3.05) is 19.8 Å². The van der Waals surface area contributed by atoms with Crippen LogP contribution in [0.25, 0.3) is 5.69 Å². The highest BCUT2D eigenvalue weighted by Crippen LogP contribution is 2.37. The number of carbonyl (C=O) groups is 1. The van der Waals surface area contributed by atoms with Crippen molar-refractivity contribution in [1.82, 2.24) is 9.13 Å². The second-order valence-electron chi connectivity index (χ2n) is 7.39. The maximum absolute atomic E-state index is 14.7. The summed E-state index contributed by atoms with van der Waals surface area (Å²) >= 11 is 6.04. The Morgan fingerprint density at radius 1 is 1.11 bits per heavy atom. The highest BCUT2D eigenvalue weighted by molar-refractivity contribution is 6.32. The number of hydrogen-bond donors (Lipinski definition) is 0. The van der Waals surface area contributed by atoms with Gasteiger partial charge in [0.15, 0.2) is 24.7 Å². The summed E-state index contributed by atoms with van der Waals surface area (Å²) in [6.45, 7) is -1.72. The quantitative estimate of drug-likeness (QED) is 0.168. The van der Waals surface area contributed by atoms with Crippen molar-refractivity contribution in [1.29, 1.82) is 0 Å². The summed E-state index contributed by atoms with van der Waals surface area (Å²) in [5.41, 5.74) is -5.20. The Labute approximate surface area is 214 Å². The van der Waals surface area contributed by atoms with E-state index in [0.717, 1.165) is 13.1 Å². The van der Waals surface area contributed by atoms with E-state index in [1.54, 1.807) is 0 Å². The van der Waals surface area contributed by atoms with Gasteiger partial charge in [-0.3, -0.25) is 19.5 Å². The van der Waals surface area contributed by atoms with Crippen molar-refractivity contribution in [3.05, 3.63) is 90.0 Å². The van der Waals surface area contributed by atoms with Crippen molar-refractivity contribution in [2.24, 2.45) is 7.05 Å². The summed E-state index contributed by atoms with van der Waals surface area (Å²) in [5.74, 6) is -2.55. The Bertz CT molecular complexity index is 1500. The van der Waals surface area contributed by atoms with Crippen LogP contribution in [0.3, 0.4) is 0 Å². The highest BCUT2D eigenvalue weighted by atomic mass is 35.5. The Kier molecular flexibility index (Phi) is 8.40. The number of aromatic nitrogens is 2. The number of hydrogen-bond acceptors (Lipinski definition) is 8. The van der Waals surface area contributed by atoms with Gasteiger partial charge in [-0.25, -0.2) is 18.5 Å². The minimum atomic E-state index is -5.01. The molecule has 0 N–H and O–H groups in total. The summed E-state index contributed by atoms with van der Waals surface area (Å²) in [6, 6.07) is 7.38. The van der Waals surface area contributed by atoms with E-state index in [0.29, 0.717) is 6.07 Å². The van der Waals surface area contributed by atoms with Gasteiger partial charge in [-0.2, -0.15) is 13.2 Å². The number of para-hydroxylation sites is 2. The number of carbonyl (C=O) groups excluding carboxylic acids is 1. The summed E-state index contributed by atoms with van der Waals surface area (Å²) in [7, 11) is 0.766. The van der Waals surface area contributed by atoms with E-state index in [9.17, 15) is 42.1 Å². The van der Waals surface area contributed by atoms with Gasteiger partial charge in [0.05, 0.1) is 10.7 Å². The molecule has 0 saturated carbocycles. The summed E-state index contributed by atoms with van der Waals surface area (Å²) < 4.78 is 70.0. The smallest absolute Gasteiger partial charge is 0.431 e. The first-order valence-electron chi connectivity index (χ1n) is 10.4. The maximum atomic E-state index is 14.7. The van der Waals surface area contributed by atoms with E-state index < -0.39 is 65.3 Å². The third-order valence-corrected chi connectivity index (χ3v) is 5.10. The minimum Gasteiger partial charge on any atom is -0.478 e. The minimum absolute atomic E-state index is 0.0386. The second-order valence-corrected chi connectivity index (χ2v) is 7.80. The Hall–Kier alpha value is -4.40. The zero-order chi connectivity index (χ0) is 28.2. The maximum Gasteiger partial charge on any atom is 0.431 e. The number of nitrogens with zero attached hydrogens (tertiary/aromatic N) is 3. The summed E-state index contributed by atoms with van der Waals surface area (Å²) in [4.78, 5) is 46.3. The van der Waals surface area contributed by atoms with Crippen molar-refractivity contribution in [2.45, 2.75) is 6.18 Å². The largest absolute Gasteiger partial charge is 0.478 e. The molecule has 0 aliphatic heterocycles. The molecule has 0 spiro atoms. The van der Waals surface area contributed by atoms with Gasteiger partial charge in [0.1, 0.15) is 17.3 Å². The van der Waals surface area contributed by atoms with E-state index in [2.05, 4.69) is 4.74 Å². The second kappa shape index (κ2) is 11.3. The van der Waals surface area contributed by atoms with E-state index in [4.69, 9.17) is 21.1 Å². The molecule has 0 aliphatic rings. The Morgan fingerprint density at radius 3 is 2.39 bits per heavy atom. The average Bonchev–Trinajstić information content (AvgIpc) is 2.82. The van der Waals surface area contributed by atoms with Gasteiger partial charge in [0.2, 0.25) is 6.54 Å². The van der Waals surface area contributed by atoms with Crippen LogP contribution >= 0.6 is 11.6 Å².